The molecule has 1 aromatic heterocycles. The maximum Gasteiger partial charge on any atom is 0.0305 e. The van der Waals surface area contributed by atoms with Crippen molar-refractivity contribution in [3.63, 3.8) is 0 Å². The number of oxazole rings is 1. The Bertz CT molecular complexity index is 115. The van der Waals surface area contributed by atoms with E-state index in [1.807, 2.05) is 0 Å². The van der Waals surface area contributed by atoms with Crippen LogP contribution in [0.2, 0.25) is 0 Å². The molecule has 0 unspecified atom stereocenters. The van der Waals surface area contributed by atoms with Crippen molar-refractivity contribution in [1.82, 2.24) is 4.98 Å². The van der Waals surface area contributed by atoms with Crippen LogP contribution in [0.1, 0.15) is 5.89 Å². The van der Waals surface area contributed by atoms with Crippen molar-refractivity contribution in [2.75, 3.05) is 0 Å². The fraction of sp³-hybridized carbons (Fsp3) is 0.250. The normalized spacial score (nSPS) is 7.57. The third-order valence-corrected chi connectivity index (χ3v) is 0.506. The number of hydrogen-bond acceptors (Lipinski definition) is 2. The van der Waals surface area contributed by atoms with Gasteiger partial charge in [0.2, 0.25) is 0 Å². The second-order valence-corrected chi connectivity index (χ2v) is 0.997. The third kappa shape index (κ3) is 2.20. The van der Waals surface area contributed by atoms with E-state index < -0.39 is 0 Å². The fourth-order valence-corrected chi connectivity index (χ4v) is 0.255. The van der Waals surface area contributed by atoms with Gasteiger partial charge in [0.15, 0.2) is 0 Å². The Labute approximate surface area is 67.2 Å². The minimum Gasteiger partial charge on any atom is -0.631 e. The Morgan fingerprint density at radius 2 is 2.57 bits per heavy atom. The van der Waals surface area contributed by atoms with Crippen LogP contribution in [0.15, 0.2) is 10.6 Å². The molecule has 3 heteroatoms. The van der Waals surface area contributed by atoms with Gasteiger partial charge in [-0.25, -0.2) is 0 Å². The largest absolute Gasteiger partial charge is 0.631 e. The molecule has 2 nitrogen and oxygen atoms in total. The van der Waals surface area contributed by atoms with Gasteiger partial charge in [0.1, 0.15) is 0 Å². The predicted octanol–water partition coefficient (Wildman–Crippen LogP) is 0.781. The SMILES string of the molecule is Cc1nc[c-]o1.[Y]. The zero-order valence-corrected chi connectivity index (χ0v) is 6.85. The molecule has 0 bridgehead atoms. The predicted molar refractivity (Wildman–Crippen MR) is 20.1 cm³/mol. The van der Waals surface area contributed by atoms with Crippen LogP contribution in [0, 0.1) is 13.2 Å². The maximum atomic E-state index is 4.60. The number of nitrogens with zero attached hydrogens (tertiary/aromatic N) is 1. The summed E-state index contributed by atoms with van der Waals surface area (Å²) in [6.45, 7) is 1.77. The number of aryl methyl sites for hydroxylation is 1. The molecule has 0 amide bonds. The van der Waals surface area contributed by atoms with E-state index in [4.69, 9.17) is 0 Å². The monoisotopic (exact) mass is 171 g/mol. The number of aromatic nitrogens is 1. The molecule has 0 aliphatic heterocycles. The van der Waals surface area contributed by atoms with Crippen molar-refractivity contribution >= 4 is 0 Å². The van der Waals surface area contributed by atoms with E-state index in [-0.39, 0.29) is 32.7 Å². The smallest absolute Gasteiger partial charge is 0.0305 e. The summed E-state index contributed by atoms with van der Waals surface area (Å²) in [5, 5.41) is 0. The second-order valence-electron chi connectivity index (χ2n) is 0.997. The molecule has 0 aliphatic rings. The van der Waals surface area contributed by atoms with Crippen LogP contribution in [0.3, 0.4) is 0 Å². The Morgan fingerprint density at radius 3 is 2.71 bits per heavy atom. The van der Waals surface area contributed by atoms with E-state index in [0.29, 0.717) is 5.89 Å². The third-order valence-electron chi connectivity index (χ3n) is 0.506. The quantitative estimate of drug-likeness (QED) is 0.539. The second kappa shape index (κ2) is 3.33. The van der Waals surface area contributed by atoms with E-state index in [9.17, 15) is 0 Å². The summed E-state index contributed by atoms with van der Waals surface area (Å²) < 4.78 is 4.60. The minimum atomic E-state index is 0. The van der Waals surface area contributed by atoms with Crippen molar-refractivity contribution in [1.29, 1.82) is 0 Å². The van der Waals surface area contributed by atoms with Crippen molar-refractivity contribution < 1.29 is 37.1 Å². The van der Waals surface area contributed by atoms with Crippen LogP contribution in [-0.2, 0) is 32.7 Å². The maximum absolute atomic E-state index is 4.60. The van der Waals surface area contributed by atoms with Gasteiger partial charge in [0.25, 0.3) is 0 Å². The van der Waals surface area contributed by atoms with Gasteiger partial charge in [-0.15, -0.1) is 0 Å². The van der Waals surface area contributed by atoms with E-state index in [1.54, 1.807) is 6.92 Å². The zero-order chi connectivity index (χ0) is 4.41. The first-order valence-corrected chi connectivity index (χ1v) is 1.68. The molecular weight excluding hydrogens is 167 g/mol. The van der Waals surface area contributed by atoms with E-state index in [0.717, 1.165) is 0 Å². The molecule has 35 valence electrons. The van der Waals surface area contributed by atoms with Crippen LogP contribution in [-0.4, -0.2) is 4.98 Å². The molecule has 7 heavy (non-hydrogen) atoms. The molecule has 0 N–H and O–H groups in total. The topological polar surface area (TPSA) is 26.0 Å². The van der Waals surface area contributed by atoms with Gasteiger partial charge >= 0.3 is 0 Å². The minimum absolute atomic E-state index is 0. The summed E-state index contributed by atoms with van der Waals surface area (Å²) in [6, 6.07) is 0. The molecule has 1 radical (unpaired) electrons. The summed E-state index contributed by atoms with van der Waals surface area (Å²) in [5.41, 5.74) is 0. The molecule has 1 aromatic rings. The van der Waals surface area contributed by atoms with Crippen molar-refractivity contribution in [3.8, 4) is 0 Å². The average Bonchev–Trinajstić information content (AvgIpc) is 1.86. The Morgan fingerprint density at radius 1 is 1.86 bits per heavy atom. The summed E-state index contributed by atoms with van der Waals surface area (Å²) in [4.78, 5) is 3.69. The van der Waals surface area contributed by atoms with Gasteiger partial charge in [0.05, 0.1) is 0 Å². The summed E-state index contributed by atoms with van der Waals surface area (Å²) >= 11 is 0. The van der Waals surface area contributed by atoms with Gasteiger partial charge in [-0.2, -0.15) is 0 Å². The zero-order valence-electron chi connectivity index (χ0n) is 4.01. The van der Waals surface area contributed by atoms with Crippen molar-refractivity contribution in [3.05, 3.63) is 18.4 Å². The standard InChI is InChI=1S/C4H4NO.Y/c1-4-5-2-3-6-4;/h2H,1H3;/q-1;. The summed E-state index contributed by atoms with van der Waals surface area (Å²) in [7, 11) is 0. The molecule has 0 aliphatic carbocycles. The Hall–Kier alpha value is 0.314. The molecule has 0 saturated carbocycles. The van der Waals surface area contributed by atoms with Crippen LogP contribution in [0.5, 0.6) is 0 Å². The first kappa shape index (κ1) is 7.31. The van der Waals surface area contributed by atoms with Crippen LogP contribution >= 0.6 is 0 Å². The van der Waals surface area contributed by atoms with E-state index in [1.165, 1.54) is 6.20 Å². The molecule has 0 aromatic carbocycles. The van der Waals surface area contributed by atoms with Gasteiger partial charge < -0.3 is 9.40 Å². The summed E-state index contributed by atoms with van der Waals surface area (Å²) in [6.07, 6.45) is 3.94. The van der Waals surface area contributed by atoms with E-state index in [2.05, 4.69) is 15.7 Å². The summed E-state index contributed by atoms with van der Waals surface area (Å²) in [5.74, 6) is 0.662. The molecule has 0 atom stereocenters. The first-order chi connectivity index (χ1) is 2.89. The number of rotatable bonds is 0. The average molecular weight is 171 g/mol. The van der Waals surface area contributed by atoms with Gasteiger partial charge in [-0.05, 0) is 6.20 Å². The van der Waals surface area contributed by atoms with Crippen LogP contribution < -0.4 is 0 Å². The van der Waals surface area contributed by atoms with Crippen LogP contribution in [0.25, 0.3) is 0 Å². The molecule has 1 heterocycles. The molecule has 0 saturated heterocycles. The van der Waals surface area contributed by atoms with Crippen molar-refractivity contribution in [2.45, 2.75) is 6.92 Å². The molecular formula is C4H4NOY-. The first-order valence-electron chi connectivity index (χ1n) is 1.68. The van der Waals surface area contributed by atoms with Crippen molar-refractivity contribution in [2.24, 2.45) is 0 Å². The Balaban J connectivity index is 0.000000360. The molecule has 0 fully saturated rings. The van der Waals surface area contributed by atoms with Gasteiger partial charge in [0, 0.05) is 38.6 Å². The van der Waals surface area contributed by atoms with Gasteiger partial charge in [-0.1, -0.05) is 13.2 Å². The number of hydrogen-bond donors (Lipinski definition) is 0. The molecule has 0 spiro atoms. The molecule has 1 rings (SSSR count). The van der Waals surface area contributed by atoms with Gasteiger partial charge in [-0.3, -0.25) is 0 Å². The van der Waals surface area contributed by atoms with Crippen LogP contribution in [0.4, 0.5) is 0 Å². The van der Waals surface area contributed by atoms with E-state index >= 15 is 0 Å². The fourth-order valence-electron chi connectivity index (χ4n) is 0.255. The Kier molecular flexibility index (Phi) is 3.48.